The first-order valence-electron chi connectivity index (χ1n) is 5.55. The molecule has 0 amide bonds. The summed E-state index contributed by atoms with van der Waals surface area (Å²) in [5.74, 6) is 0.0363. The first-order chi connectivity index (χ1) is 7.58. The highest BCUT2D eigenvalue weighted by atomic mass is 19.1. The number of benzene rings is 1. The minimum atomic E-state index is -0.280. The molecule has 1 fully saturated rings. The maximum atomic E-state index is 13.9. The van der Waals surface area contributed by atoms with Gasteiger partial charge in [0, 0.05) is 11.3 Å². The average Bonchev–Trinajstić information content (AvgIpc) is 2.64. The summed E-state index contributed by atoms with van der Waals surface area (Å²) in [6.07, 6.45) is 1.87. The Balaban J connectivity index is 2.49. The van der Waals surface area contributed by atoms with Crippen molar-refractivity contribution in [2.24, 2.45) is 5.92 Å². The number of hydrogen-bond acceptors (Lipinski definition) is 1. The maximum absolute atomic E-state index is 13.9. The fourth-order valence-electron chi connectivity index (χ4n) is 2.37. The summed E-state index contributed by atoms with van der Waals surface area (Å²) in [7, 11) is 0. The largest absolute Gasteiger partial charge is 0.380 e. The van der Waals surface area contributed by atoms with Gasteiger partial charge in [0.15, 0.2) is 0 Å². The second kappa shape index (κ2) is 4.02. The quantitative estimate of drug-likeness (QED) is 0.695. The third-order valence-corrected chi connectivity index (χ3v) is 3.54. The van der Waals surface area contributed by atoms with Gasteiger partial charge >= 0.3 is 0 Å². The second-order valence-corrected chi connectivity index (χ2v) is 4.76. The van der Waals surface area contributed by atoms with E-state index in [1.54, 1.807) is 6.07 Å². The van der Waals surface area contributed by atoms with E-state index in [0.717, 1.165) is 11.1 Å². The van der Waals surface area contributed by atoms with Crippen LogP contribution in [0.25, 0.3) is 0 Å². The Morgan fingerprint density at radius 2 is 2.31 bits per heavy atom. The van der Waals surface area contributed by atoms with E-state index in [4.69, 9.17) is 4.74 Å². The summed E-state index contributed by atoms with van der Waals surface area (Å²) < 4.78 is 19.4. The first kappa shape index (κ1) is 11.3. The second-order valence-electron chi connectivity index (χ2n) is 4.76. The van der Waals surface area contributed by atoms with Gasteiger partial charge in [0.2, 0.25) is 0 Å². The fourth-order valence-corrected chi connectivity index (χ4v) is 2.37. The monoisotopic (exact) mass is 220 g/mol. The molecule has 0 radical (unpaired) electrons. The minimum Gasteiger partial charge on any atom is -0.380 e. The van der Waals surface area contributed by atoms with E-state index in [1.807, 2.05) is 26.0 Å². The average molecular weight is 220 g/mol. The molecule has 0 aromatic heterocycles. The van der Waals surface area contributed by atoms with E-state index in [-0.39, 0.29) is 17.2 Å². The Bertz CT molecular complexity index is 413. The summed E-state index contributed by atoms with van der Waals surface area (Å²) in [5, 5.41) is 0. The predicted octanol–water partition coefficient (Wildman–Crippen LogP) is 3.22. The van der Waals surface area contributed by atoms with Crippen LogP contribution < -0.4 is 0 Å². The van der Waals surface area contributed by atoms with E-state index >= 15 is 0 Å². The van der Waals surface area contributed by atoms with Crippen molar-refractivity contribution in [3.8, 4) is 0 Å². The van der Waals surface area contributed by atoms with Crippen LogP contribution in [0.2, 0.25) is 0 Å². The Morgan fingerprint density at radius 3 is 3.00 bits per heavy atom. The van der Waals surface area contributed by atoms with Crippen molar-refractivity contribution in [1.29, 1.82) is 0 Å². The molecule has 16 heavy (non-hydrogen) atoms. The minimum absolute atomic E-state index is 0.148. The van der Waals surface area contributed by atoms with Gasteiger partial charge in [0.25, 0.3) is 0 Å². The zero-order valence-electron chi connectivity index (χ0n) is 9.79. The Hall–Kier alpha value is -1.15. The smallest absolute Gasteiger partial charge is 0.127 e. The molecule has 1 aromatic rings. The van der Waals surface area contributed by atoms with Gasteiger partial charge < -0.3 is 4.74 Å². The molecule has 0 spiro atoms. The van der Waals surface area contributed by atoms with Gasteiger partial charge in [-0.3, -0.25) is 0 Å². The molecule has 1 saturated heterocycles. The van der Waals surface area contributed by atoms with E-state index in [0.29, 0.717) is 13.2 Å². The van der Waals surface area contributed by atoms with Crippen LogP contribution in [0, 0.1) is 18.7 Å². The molecule has 0 saturated carbocycles. The third-order valence-electron chi connectivity index (χ3n) is 3.54. The van der Waals surface area contributed by atoms with Crippen LogP contribution in [0.1, 0.15) is 18.1 Å². The van der Waals surface area contributed by atoms with E-state index in [2.05, 4.69) is 6.58 Å². The summed E-state index contributed by atoms with van der Waals surface area (Å²) in [6, 6.07) is 5.25. The third kappa shape index (κ3) is 1.67. The van der Waals surface area contributed by atoms with Crippen molar-refractivity contribution in [2.45, 2.75) is 19.3 Å². The zero-order valence-corrected chi connectivity index (χ0v) is 9.79. The molecule has 1 aromatic carbocycles. The van der Waals surface area contributed by atoms with Gasteiger partial charge in [-0.25, -0.2) is 4.39 Å². The molecule has 0 bridgehead atoms. The maximum Gasteiger partial charge on any atom is 0.127 e. The molecule has 1 heterocycles. The lowest BCUT2D eigenvalue weighted by Gasteiger charge is -2.28. The SMILES string of the molecule is C=C[C@H]1COCC1(C)c1cc(C)ccc1F. The van der Waals surface area contributed by atoms with Crippen molar-refractivity contribution in [2.75, 3.05) is 13.2 Å². The van der Waals surface area contributed by atoms with E-state index in [1.165, 1.54) is 6.07 Å². The normalized spacial score (nSPS) is 29.3. The van der Waals surface area contributed by atoms with Crippen LogP contribution in [0.3, 0.4) is 0 Å². The number of halogens is 1. The summed E-state index contributed by atoms with van der Waals surface area (Å²) >= 11 is 0. The molecule has 1 unspecified atom stereocenters. The highest BCUT2D eigenvalue weighted by Gasteiger charge is 2.41. The van der Waals surface area contributed by atoms with Gasteiger partial charge in [-0.15, -0.1) is 6.58 Å². The van der Waals surface area contributed by atoms with Crippen LogP contribution in [0.15, 0.2) is 30.9 Å². The van der Waals surface area contributed by atoms with Crippen LogP contribution in [0.4, 0.5) is 4.39 Å². The lowest BCUT2D eigenvalue weighted by atomic mass is 9.73. The number of aryl methyl sites for hydroxylation is 1. The molecule has 0 N–H and O–H groups in total. The zero-order chi connectivity index (χ0) is 11.8. The van der Waals surface area contributed by atoms with Crippen molar-refractivity contribution >= 4 is 0 Å². The molecule has 2 rings (SSSR count). The van der Waals surface area contributed by atoms with E-state index < -0.39 is 0 Å². The lowest BCUT2D eigenvalue weighted by Crippen LogP contribution is -2.31. The molecular formula is C14H17FO. The highest BCUT2D eigenvalue weighted by Crippen LogP contribution is 2.39. The summed E-state index contributed by atoms with van der Waals surface area (Å²) in [5.41, 5.74) is 1.54. The van der Waals surface area contributed by atoms with E-state index in [9.17, 15) is 4.39 Å². The molecule has 1 aliphatic heterocycles. The van der Waals surface area contributed by atoms with Crippen LogP contribution in [-0.2, 0) is 10.2 Å². The first-order valence-corrected chi connectivity index (χ1v) is 5.55. The number of rotatable bonds is 2. The number of ether oxygens (including phenoxy) is 1. The van der Waals surface area contributed by atoms with Gasteiger partial charge in [-0.05, 0) is 18.6 Å². The topological polar surface area (TPSA) is 9.23 Å². The molecule has 2 heteroatoms. The van der Waals surface area contributed by atoms with Crippen molar-refractivity contribution in [3.05, 3.63) is 47.8 Å². The van der Waals surface area contributed by atoms with Crippen LogP contribution in [0.5, 0.6) is 0 Å². The molecule has 86 valence electrons. The Morgan fingerprint density at radius 1 is 1.56 bits per heavy atom. The highest BCUT2D eigenvalue weighted by molar-refractivity contribution is 5.33. The fraction of sp³-hybridized carbons (Fsp3) is 0.429. The van der Waals surface area contributed by atoms with Gasteiger partial charge in [0.1, 0.15) is 5.82 Å². The van der Waals surface area contributed by atoms with Crippen LogP contribution >= 0.6 is 0 Å². The Labute approximate surface area is 95.9 Å². The lowest BCUT2D eigenvalue weighted by molar-refractivity contribution is 0.178. The van der Waals surface area contributed by atoms with Crippen molar-refractivity contribution < 1.29 is 9.13 Å². The summed E-state index contributed by atoms with van der Waals surface area (Å²) in [6.45, 7) is 9.03. The van der Waals surface area contributed by atoms with Crippen molar-refractivity contribution in [1.82, 2.24) is 0 Å². The van der Waals surface area contributed by atoms with Crippen LogP contribution in [-0.4, -0.2) is 13.2 Å². The Kier molecular flexibility index (Phi) is 2.85. The standard InChI is InChI=1S/C14H17FO/c1-4-11-8-16-9-14(11,3)12-7-10(2)5-6-13(12)15/h4-7,11H,1,8-9H2,2-3H3/t11-,14?/m0/s1. The molecule has 0 aliphatic carbocycles. The molecule has 1 nitrogen and oxygen atoms in total. The van der Waals surface area contributed by atoms with Gasteiger partial charge in [-0.2, -0.15) is 0 Å². The van der Waals surface area contributed by atoms with Gasteiger partial charge in [-0.1, -0.05) is 30.7 Å². The molecule has 1 aliphatic rings. The molecular weight excluding hydrogens is 203 g/mol. The summed E-state index contributed by atoms with van der Waals surface area (Å²) in [4.78, 5) is 0. The van der Waals surface area contributed by atoms with Crippen molar-refractivity contribution in [3.63, 3.8) is 0 Å². The van der Waals surface area contributed by atoms with Gasteiger partial charge in [0.05, 0.1) is 13.2 Å². The molecule has 2 atom stereocenters. The number of hydrogen-bond donors (Lipinski definition) is 0. The predicted molar refractivity (Wildman–Crippen MR) is 63.0 cm³/mol.